The standard InChI is InChI=1S/C27H36N4O5/c1-16(2)24(27(34)36-21-8-9-35-15-21)28-12-19-6-7-23-22(11-19)29-25(31(23)18(4)14-32)20-10-17(3)26(33)30(5)13-20/h6-7,10-11,13,16,18,21,24,28,32H,8-9,12,14-15H2,1-5H3/t18-,21?,24+/m1/s1. The molecule has 0 aliphatic carbocycles. The number of benzene rings is 1. The molecule has 1 fully saturated rings. The third kappa shape index (κ3) is 5.38. The summed E-state index contributed by atoms with van der Waals surface area (Å²) >= 11 is 0. The van der Waals surface area contributed by atoms with Gasteiger partial charge in [-0.15, -0.1) is 0 Å². The predicted molar refractivity (Wildman–Crippen MR) is 138 cm³/mol. The van der Waals surface area contributed by atoms with E-state index in [1.165, 1.54) is 0 Å². The fourth-order valence-electron chi connectivity index (χ4n) is 4.65. The van der Waals surface area contributed by atoms with Gasteiger partial charge in [0.05, 0.1) is 36.9 Å². The summed E-state index contributed by atoms with van der Waals surface area (Å²) in [6, 6.07) is 7.18. The van der Waals surface area contributed by atoms with Crippen LogP contribution in [-0.4, -0.2) is 57.2 Å². The van der Waals surface area contributed by atoms with E-state index in [1.807, 2.05) is 49.6 Å². The minimum absolute atomic E-state index is 0.0449. The Morgan fingerprint density at radius 2 is 2.08 bits per heavy atom. The van der Waals surface area contributed by atoms with Gasteiger partial charge in [-0.1, -0.05) is 19.9 Å². The van der Waals surface area contributed by atoms with E-state index >= 15 is 0 Å². The van der Waals surface area contributed by atoms with Crippen molar-refractivity contribution in [2.24, 2.45) is 13.0 Å². The van der Waals surface area contributed by atoms with Crippen molar-refractivity contribution in [2.45, 2.75) is 58.8 Å². The highest BCUT2D eigenvalue weighted by Crippen LogP contribution is 2.29. The maximum absolute atomic E-state index is 12.8. The van der Waals surface area contributed by atoms with Crippen molar-refractivity contribution >= 4 is 17.0 Å². The lowest BCUT2D eigenvalue weighted by atomic mass is 10.0. The highest BCUT2D eigenvalue weighted by molar-refractivity contribution is 5.81. The monoisotopic (exact) mass is 496 g/mol. The number of aromatic nitrogens is 3. The molecule has 0 saturated carbocycles. The summed E-state index contributed by atoms with van der Waals surface area (Å²) in [6.45, 7) is 9.22. The van der Waals surface area contributed by atoms with E-state index < -0.39 is 6.04 Å². The highest BCUT2D eigenvalue weighted by atomic mass is 16.6. The molecule has 9 heteroatoms. The number of imidazole rings is 1. The number of nitrogens with zero attached hydrogens (tertiary/aromatic N) is 3. The SMILES string of the molecule is Cc1cc(-c2nc3cc(CN[C@H](C(=O)OC4CCOC4)C(C)C)ccc3n2[C@H](C)CO)cn(C)c1=O. The Balaban J connectivity index is 1.61. The van der Waals surface area contributed by atoms with Crippen molar-refractivity contribution in [3.8, 4) is 11.4 Å². The van der Waals surface area contributed by atoms with Crippen LogP contribution in [0.25, 0.3) is 22.4 Å². The average Bonchev–Trinajstić information content (AvgIpc) is 3.49. The second kappa shape index (κ2) is 10.9. The predicted octanol–water partition coefficient (Wildman–Crippen LogP) is 2.71. The van der Waals surface area contributed by atoms with Gasteiger partial charge in [0.1, 0.15) is 18.0 Å². The summed E-state index contributed by atoms with van der Waals surface area (Å²) in [7, 11) is 1.72. The number of esters is 1. The lowest BCUT2D eigenvalue weighted by Crippen LogP contribution is -2.43. The maximum Gasteiger partial charge on any atom is 0.323 e. The lowest BCUT2D eigenvalue weighted by Gasteiger charge is -2.22. The first-order chi connectivity index (χ1) is 17.2. The van der Waals surface area contributed by atoms with Crippen LogP contribution in [0, 0.1) is 12.8 Å². The number of rotatable bonds is 9. The van der Waals surface area contributed by atoms with Gasteiger partial charge in [-0.25, -0.2) is 4.98 Å². The van der Waals surface area contributed by atoms with E-state index in [-0.39, 0.29) is 36.2 Å². The van der Waals surface area contributed by atoms with E-state index in [4.69, 9.17) is 14.5 Å². The van der Waals surface area contributed by atoms with E-state index in [0.29, 0.717) is 31.1 Å². The van der Waals surface area contributed by atoms with Crippen molar-refractivity contribution < 1.29 is 19.4 Å². The second-order valence-electron chi connectivity index (χ2n) is 10.0. The van der Waals surface area contributed by atoms with Gasteiger partial charge in [-0.3, -0.25) is 9.59 Å². The van der Waals surface area contributed by atoms with Crippen LogP contribution in [0.3, 0.4) is 0 Å². The van der Waals surface area contributed by atoms with E-state index in [9.17, 15) is 14.7 Å². The normalized spacial score (nSPS) is 17.6. The number of hydrogen-bond donors (Lipinski definition) is 2. The Morgan fingerprint density at radius 3 is 2.72 bits per heavy atom. The summed E-state index contributed by atoms with van der Waals surface area (Å²) in [5, 5.41) is 13.3. The van der Waals surface area contributed by atoms with E-state index in [2.05, 4.69) is 5.32 Å². The molecule has 3 aromatic rings. The fraction of sp³-hybridized carbons (Fsp3) is 0.519. The molecule has 0 bridgehead atoms. The third-order valence-corrected chi connectivity index (χ3v) is 6.70. The summed E-state index contributed by atoms with van der Waals surface area (Å²) in [5.41, 5.74) is 4.04. The Morgan fingerprint density at radius 1 is 1.31 bits per heavy atom. The zero-order valence-electron chi connectivity index (χ0n) is 21.7. The summed E-state index contributed by atoms with van der Waals surface area (Å²) in [6.07, 6.45) is 2.34. The minimum Gasteiger partial charge on any atom is -0.459 e. The van der Waals surface area contributed by atoms with Crippen molar-refractivity contribution in [1.82, 2.24) is 19.4 Å². The number of nitrogens with one attached hydrogen (secondary N) is 1. The molecule has 3 heterocycles. The summed E-state index contributed by atoms with van der Waals surface area (Å²) in [5.74, 6) is 0.500. The highest BCUT2D eigenvalue weighted by Gasteiger charge is 2.28. The quantitative estimate of drug-likeness (QED) is 0.439. The van der Waals surface area contributed by atoms with Crippen molar-refractivity contribution in [3.63, 3.8) is 0 Å². The van der Waals surface area contributed by atoms with Crippen LogP contribution in [0.15, 0.2) is 35.3 Å². The van der Waals surface area contributed by atoms with Crippen molar-refractivity contribution in [3.05, 3.63) is 51.9 Å². The molecule has 0 amide bonds. The number of ether oxygens (including phenoxy) is 2. The smallest absolute Gasteiger partial charge is 0.323 e. The number of hydrogen-bond acceptors (Lipinski definition) is 7. The molecule has 0 radical (unpaired) electrons. The first-order valence-electron chi connectivity index (χ1n) is 12.5. The van der Waals surface area contributed by atoms with Gasteiger partial charge in [0.2, 0.25) is 0 Å². The molecule has 9 nitrogen and oxygen atoms in total. The molecule has 36 heavy (non-hydrogen) atoms. The molecule has 2 aromatic heterocycles. The molecule has 4 rings (SSSR count). The number of aliphatic hydroxyl groups excluding tert-OH is 1. The van der Waals surface area contributed by atoms with Gasteiger partial charge in [0, 0.05) is 37.3 Å². The van der Waals surface area contributed by atoms with Crippen LogP contribution >= 0.6 is 0 Å². The number of carbonyl (C=O) groups excluding carboxylic acids is 1. The lowest BCUT2D eigenvalue weighted by molar-refractivity contribution is -0.152. The zero-order chi connectivity index (χ0) is 26.0. The van der Waals surface area contributed by atoms with Crippen LogP contribution < -0.4 is 10.9 Å². The van der Waals surface area contributed by atoms with Crippen LogP contribution in [0.1, 0.15) is 44.4 Å². The maximum atomic E-state index is 12.8. The first kappa shape index (κ1) is 26.1. The third-order valence-electron chi connectivity index (χ3n) is 6.70. The summed E-state index contributed by atoms with van der Waals surface area (Å²) < 4.78 is 14.5. The summed E-state index contributed by atoms with van der Waals surface area (Å²) in [4.78, 5) is 29.9. The molecule has 2 N–H and O–H groups in total. The molecule has 1 saturated heterocycles. The second-order valence-corrected chi connectivity index (χ2v) is 10.0. The van der Waals surface area contributed by atoms with Crippen LogP contribution in [-0.2, 0) is 27.9 Å². The number of aryl methyl sites for hydroxylation is 2. The number of pyridine rings is 1. The largest absolute Gasteiger partial charge is 0.459 e. The van der Waals surface area contributed by atoms with Gasteiger partial charge in [0.15, 0.2) is 0 Å². The van der Waals surface area contributed by atoms with Crippen molar-refractivity contribution in [2.75, 3.05) is 19.8 Å². The zero-order valence-corrected chi connectivity index (χ0v) is 21.7. The topological polar surface area (TPSA) is 108 Å². The van der Waals surface area contributed by atoms with Crippen molar-refractivity contribution in [1.29, 1.82) is 0 Å². The van der Waals surface area contributed by atoms with Crippen LogP contribution in [0.4, 0.5) is 0 Å². The molecule has 0 spiro atoms. The Bertz CT molecular complexity index is 1260. The van der Waals surface area contributed by atoms with Gasteiger partial charge >= 0.3 is 5.97 Å². The Labute approximate surface area is 211 Å². The number of fused-ring (bicyclic) bond motifs is 1. The number of carbonyl (C=O) groups is 1. The van der Waals surface area contributed by atoms with Gasteiger partial charge in [-0.2, -0.15) is 0 Å². The molecule has 3 atom stereocenters. The fourth-order valence-corrected chi connectivity index (χ4v) is 4.65. The molecule has 1 unspecified atom stereocenters. The average molecular weight is 497 g/mol. The molecular weight excluding hydrogens is 460 g/mol. The first-order valence-corrected chi connectivity index (χ1v) is 12.5. The van der Waals surface area contributed by atoms with E-state index in [1.54, 1.807) is 24.7 Å². The molecular formula is C27H36N4O5. The molecule has 1 aliphatic heterocycles. The number of aliphatic hydroxyl groups is 1. The molecule has 1 aliphatic rings. The van der Waals surface area contributed by atoms with Gasteiger partial charge in [0.25, 0.3) is 5.56 Å². The molecule has 1 aromatic carbocycles. The molecule has 194 valence electrons. The van der Waals surface area contributed by atoms with Gasteiger partial charge in [-0.05, 0) is 43.5 Å². The Kier molecular flexibility index (Phi) is 7.92. The van der Waals surface area contributed by atoms with Crippen LogP contribution in [0.2, 0.25) is 0 Å². The van der Waals surface area contributed by atoms with Gasteiger partial charge < -0.3 is 29.0 Å². The Hall–Kier alpha value is -3.01. The van der Waals surface area contributed by atoms with E-state index in [0.717, 1.165) is 28.6 Å². The minimum atomic E-state index is -0.433. The van der Waals surface area contributed by atoms with Crippen LogP contribution in [0.5, 0.6) is 0 Å².